The quantitative estimate of drug-likeness (QED) is 0.856. The highest BCUT2D eigenvalue weighted by molar-refractivity contribution is 5.89. The van der Waals surface area contributed by atoms with Crippen molar-refractivity contribution in [3.63, 3.8) is 0 Å². The van der Waals surface area contributed by atoms with Gasteiger partial charge in [0.1, 0.15) is 11.4 Å². The first kappa shape index (κ1) is 15.5. The Hall–Kier alpha value is -1.85. The number of Topliss-reactive ketones (excluding diaryl/α,β-unsaturated/α-hetero) is 1. The average molecular weight is 294 g/mol. The Bertz CT molecular complexity index is 530. The summed E-state index contributed by atoms with van der Waals surface area (Å²) in [5.74, 6) is 0.503. The molecule has 0 bridgehead atoms. The summed E-state index contributed by atoms with van der Waals surface area (Å²) in [4.78, 5) is 26.0. The van der Waals surface area contributed by atoms with Crippen molar-refractivity contribution in [1.82, 2.24) is 10.1 Å². The summed E-state index contributed by atoms with van der Waals surface area (Å²) in [6, 6.07) is 1.32. The van der Waals surface area contributed by atoms with Crippen LogP contribution in [0, 0.1) is 6.92 Å². The van der Waals surface area contributed by atoms with Gasteiger partial charge in [-0.3, -0.25) is 9.69 Å². The molecule has 1 fully saturated rings. The summed E-state index contributed by atoms with van der Waals surface area (Å²) < 4.78 is 10.4. The molecule has 6 nitrogen and oxygen atoms in total. The van der Waals surface area contributed by atoms with E-state index < -0.39 is 17.7 Å². The number of likely N-dealkylation sites (tertiary alicyclic amines) is 1. The molecule has 0 aromatic carbocycles. The molecule has 1 amide bonds. The first-order valence-electron chi connectivity index (χ1n) is 7.21. The van der Waals surface area contributed by atoms with Crippen molar-refractivity contribution in [3.8, 4) is 0 Å². The molecule has 0 N–H and O–H groups in total. The largest absolute Gasteiger partial charge is 0.444 e. The van der Waals surface area contributed by atoms with Crippen LogP contribution in [-0.4, -0.2) is 40.1 Å². The maximum absolute atomic E-state index is 12.4. The van der Waals surface area contributed by atoms with E-state index in [-0.39, 0.29) is 12.2 Å². The fourth-order valence-electron chi connectivity index (χ4n) is 2.43. The molecule has 1 aromatic rings. The fourth-order valence-corrected chi connectivity index (χ4v) is 2.43. The molecule has 0 saturated carbocycles. The number of aryl methyl sites for hydroxylation is 1. The third-order valence-corrected chi connectivity index (χ3v) is 3.28. The second-order valence-corrected chi connectivity index (χ2v) is 6.41. The van der Waals surface area contributed by atoms with Crippen LogP contribution in [0.25, 0.3) is 0 Å². The zero-order valence-corrected chi connectivity index (χ0v) is 13.0. The highest BCUT2D eigenvalue weighted by Crippen LogP contribution is 2.22. The van der Waals surface area contributed by atoms with Crippen LogP contribution in [0.5, 0.6) is 0 Å². The Balaban J connectivity index is 2.00. The van der Waals surface area contributed by atoms with Gasteiger partial charge < -0.3 is 9.26 Å². The van der Waals surface area contributed by atoms with Crippen LogP contribution in [0.2, 0.25) is 0 Å². The smallest absolute Gasteiger partial charge is 0.410 e. The maximum atomic E-state index is 12.4. The third-order valence-electron chi connectivity index (χ3n) is 3.28. The Morgan fingerprint density at radius 3 is 2.76 bits per heavy atom. The molecule has 2 rings (SSSR count). The Morgan fingerprint density at radius 2 is 2.19 bits per heavy atom. The summed E-state index contributed by atoms with van der Waals surface area (Å²) in [6.07, 6.45) is 1.22. The van der Waals surface area contributed by atoms with E-state index in [1.807, 2.05) is 20.8 Å². The Morgan fingerprint density at radius 1 is 1.48 bits per heavy atom. The van der Waals surface area contributed by atoms with Gasteiger partial charge in [-0.2, -0.15) is 0 Å². The average Bonchev–Trinajstić information content (AvgIpc) is 2.95. The second kappa shape index (κ2) is 5.87. The van der Waals surface area contributed by atoms with Gasteiger partial charge in [0, 0.05) is 12.6 Å². The van der Waals surface area contributed by atoms with Gasteiger partial charge in [0.2, 0.25) is 0 Å². The summed E-state index contributed by atoms with van der Waals surface area (Å²) >= 11 is 0. The van der Waals surface area contributed by atoms with Crippen molar-refractivity contribution < 1.29 is 18.8 Å². The number of ether oxygens (including phenoxy) is 1. The molecule has 1 aromatic heterocycles. The topological polar surface area (TPSA) is 72.6 Å². The summed E-state index contributed by atoms with van der Waals surface area (Å²) in [7, 11) is 0. The highest BCUT2D eigenvalue weighted by Gasteiger charge is 2.36. The highest BCUT2D eigenvalue weighted by atomic mass is 16.6. The third kappa shape index (κ3) is 4.06. The molecule has 1 aliphatic heterocycles. The van der Waals surface area contributed by atoms with Crippen LogP contribution in [0.1, 0.15) is 45.1 Å². The summed E-state index contributed by atoms with van der Waals surface area (Å²) in [5.41, 5.74) is 0.184. The van der Waals surface area contributed by atoms with Crippen LogP contribution in [0.3, 0.4) is 0 Å². The normalized spacial score (nSPS) is 18.9. The number of amides is 1. The van der Waals surface area contributed by atoms with Crippen molar-refractivity contribution in [2.45, 2.75) is 58.6 Å². The Labute approximate surface area is 124 Å². The molecule has 0 spiro atoms. The number of aromatic nitrogens is 1. The standard InChI is InChI=1S/C15H22N2O4/c1-10-8-11(21-16-10)9-13(18)12-6-5-7-17(12)14(19)20-15(2,3)4/h8,12H,5-7,9H2,1-4H3/t12-/m1/s1. The van der Waals surface area contributed by atoms with Gasteiger partial charge in [0.15, 0.2) is 5.78 Å². The van der Waals surface area contributed by atoms with Gasteiger partial charge in [-0.05, 0) is 40.5 Å². The molecule has 1 atom stereocenters. The number of ketones is 1. The zero-order valence-electron chi connectivity index (χ0n) is 13.0. The molecule has 0 aliphatic carbocycles. The van der Waals surface area contributed by atoms with E-state index in [1.54, 1.807) is 13.0 Å². The van der Waals surface area contributed by atoms with E-state index in [4.69, 9.17) is 9.26 Å². The SMILES string of the molecule is Cc1cc(CC(=O)[C@H]2CCCN2C(=O)OC(C)(C)C)on1. The monoisotopic (exact) mass is 294 g/mol. The number of hydrogen-bond donors (Lipinski definition) is 0. The number of nitrogens with zero attached hydrogens (tertiary/aromatic N) is 2. The van der Waals surface area contributed by atoms with Crippen molar-refractivity contribution in [2.75, 3.05) is 6.54 Å². The van der Waals surface area contributed by atoms with E-state index in [0.29, 0.717) is 18.7 Å². The number of carbonyl (C=O) groups excluding carboxylic acids is 2. The lowest BCUT2D eigenvalue weighted by molar-refractivity contribution is -0.123. The van der Waals surface area contributed by atoms with Crippen LogP contribution in [0.4, 0.5) is 4.79 Å². The molecule has 1 saturated heterocycles. The molecule has 6 heteroatoms. The first-order chi connectivity index (χ1) is 9.76. The van der Waals surface area contributed by atoms with Gasteiger partial charge >= 0.3 is 6.09 Å². The molecule has 116 valence electrons. The molecule has 0 radical (unpaired) electrons. The predicted molar refractivity (Wildman–Crippen MR) is 75.9 cm³/mol. The number of rotatable bonds is 3. The summed E-state index contributed by atoms with van der Waals surface area (Å²) in [5, 5.41) is 3.77. The van der Waals surface area contributed by atoms with E-state index in [1.165, 1.54) is 4.90 Å². The molecular formula is C15H22N2O4. The zero-order chi connectivity index (χ0) is 15.6. The first-order valence-corrected chi connectivity index (χ1v) is 7.21. The van der Waals surface area contributed by atoms with Crippen molar-refractivity contribution in [2.24, 2.45) is 0 Å². The molecule has 1 aliphatic rings. The van der Waals surface area contributed by atoms with Gasteiger partial charge in [0.25, 0.3) is 0 Å². The predicted octanol–water partition coefficient (Wildman–Crippen LogP) is 2.49. The molecule has 0 unspecified atom stereocenters. The van der Waals surface area contributed by atoms with E-state index in [0.717, 1.165) is 12.1 Å². The van der Waals surface area contributed by atoms with Crippen LogP contribution >= 0.6 is 0 Å². The van der Waals surface area contributed by atoms with Crippen molar-refractivity contribution in [3.05, 3.63) is 17.5 Å². The van der Waals surface area contributed by atoms with Crippen molar-refractivity contribution in [1.29, 1.82) is 0 Å². The molecule has 2 heterocycles. The van der Waals surface area contributed by atoms with Gasteiger partial charge in [-0.25, -0.2) is 4.79 Å². The van der Waals surface area contributed by atoms with Crippen molar-refractivity contribution >= 4 is 11.9 Å². The Kier molecular flexibility index (Phi) is 4.34. The lowest BCUT2D eigenvalue weighted by atomic mass is 10.1. The fraction of sp³-hybridized carbons (Fsp3) is 0.667. The maximum Gasteiger partial charge on any atom is 0.410 e. The van der Waals surface area contributed by atoms with Gasteiger partial charge in [-0.1, -0.05) is 5.16 Å². The van der Waals surface area contributed by atoms with E-state index in [2.05, 4.69) is 5.16 Å². The minimum atomic E-state index is -0.560. The van der Waals surface area contributed by atoms with Gasteiger partial charge in [0.05, 0.1) is 18.2 Å². The van der Waals surface area contributed by atoms with E-state index in [9.17, 15) is 9.59 Å². The second-order valence-electron chi connectivity index (χ2n) is 6.41. The molecular weight excluding hydrogens is 272 g/mol. The van der Waals surface area contributed by atoms with E-state index >= 15 is 0 Å². The summed E-state index contributed by atoms with van der Waals surface area (Å²) in [6.45, 7) is 7.81. The minimum absolute atomic E-state index is 0.0329. The van der Waals surface area contributed by atoms with Crippen LogP contribution < -0.4 is 0 Å². The molecule has 21 heavy (non-hydrogen) atoms. The van der Waals surface area contributed by atoms with Gasteiger partial charge in [-0.15, -0.1) is 0 Å². The number of hydrogen-bond acceptors (Lipinski definition) is 5. The number of carbonyl (C=O) groups is 2. The minimum Gasteiger partial charge on any atom is -0.444 e. The van der Waals surface area contributed by atoms with Crippen LogP contribution in [0.15, 0.2) is 10.6 Å². The lowest BCUT2D eigenvalue weighted by Crippen LogP contribution is -2.43. The lowest BCUT2D eigenvalue weighted by Gasteiger charge is -2.27. The van der Waals surface area contributed by atoms with Crippen LogP contribution in [-0.2, 0) is 16.0 Å².